The summed E-state index contributed by atoms with van der Waals surface area (Å²) < 4.78 is 39.1. The molecule has 1 amide bonds. The number of ether oxygens (including phenoxy) is 2. The van der Waals surface area contributed by atoms with Gasteiger partial charge in [-0.1, -0.05) is 25.1 Å². The number of amides is 1. The summed E-state index contributed by atoms with van der Waals surface area (Å²) in [4.78, 5) is 12.7. The van der Waals surface area contributed by atoms with Gasteiger partial charge in [-0.15, -0.1) is 0 Å². The second kappa shape index (κ2) is 8.69. The Kier molecular flexibility index (Phi) is 5.81. The molecule has 4 rings (SSSR count). The third kappa shape index (κ3) is 4.80. The van der Waals surface area contributed by atoms with Crippen LogP contribution in [0.5, 0.6) is 11.5 Å². The number of anilines is 2. The predicted octanol–water partition coefficient (Wildman–Crippen LogP) is 4.07. The lowest BCUT2D eigenvalue weighted by Crippen LogP contribution is -2.17. The number of sulfonamides is 1. The van der Waals surface area contributed by atoms with Crippen molar-refractivity contribution in [1.29, 1.82) is 0 Å². The first kappa shape index (κ1) is 20.7. The second-order valence-corrected chi connectivity index (χ2v) is 8.68. The minimum atomic E-state index is -3.87. The van der Waals surface area contributed by atoms with Gasteiger partial charge in [0.15, 0.2) is 11.5 Å². The maximum absolute atomic E-state index is 12.8. The molecule has 1 heterocycles. The third-order valence-corrected chi connectivity index (χ3v) is 6.17. The van der Waals surface area contributed by atoms with Crippen LogP contribution in [0.25, 0.3) is 0 Å². The molecular formula is C23H22N2O5S. The van der Waals surface area contributed by atoms with Gasteiger partial charge in [0.25, 0.3) is 15.9 Å². The molecule has 8 heteroatoms. The highest BCUT2D eigenvalue weighted by Gasteiger charge is 2.20. The van der Waals surface area contributed by atoms with E-state index in [1.54, 1.807) is 24.3 Å². The molecule has 0 saturated heterocycles. The van der Waals surface area contributed by atoms with Crippen molar-refractivity contribution in [2.24, 2.45) is 0 Å². The molecule has 0 spiro atoms. The first-order valence-electron chi connectivity index (χ1n) is 9.87. The van der Waals surface area contributed by atoms with E-state index in [1.807, 2.05) is 31.2 Å². The van der Waals surface area contributed by atoms with Crippen LogP contribution in [0.1, 0.15) is 22.8 Å². The van der Waals surface area contributed by atoms with Crippen LogP contribution in [0, 0.1) is 0 Å². The van der Waals surface area contributed by atoms with Crippen molar-refractivity contribution in [3.8, 4) is 11.5 Å². The molecule has 0 aromatic heterocycles. The molecule has 7 nitrogen and oxygen atoms in total. The number of carbonyl (C=O) groups is 1. The Labute approximate surface area is 181 Å². The molecule has 0 aliphatic carbocycles. The Morgan fingerprint density at radius 3 is 2.45 bits per heavy atom. The van der Waals surface area contributed by atoms with Crippen molar-refractivity contribution in [2.75, 3.05) is 23.3 Å². The number of carbonyl (C=O) groups excluding carboxylic acids is 1. The zero-order valence-corrected chi connectivity index (χ0v) is 17.7. The van der Waals surface area contributed by atoms with Crippen LogP contribution < -0.4 is 19.5 Å². The van der Waals surface area contributed by atoms with Gasteiger partial charge in [0.1, 0.15) is 13.2 Å². The van der Waals surface area contributed by atoms with Gasteiger partial charge in [-0.3, -0.25) is 9.52 Å². The fraction of sp³-hybridized carbons (Fsp3) is 0.174. The maximum Gasteiger partial charge on any atom is 0.262 e. The fourth-order valence-electron chi connectivity index (χ4n) is 3.20. The van der Waals surface area contributed by atoms with Crippen LogP contribution >= 0.6 is 0 Å². The van der Waals surface area contributed by atoms with Gasteiger partial charge in [-0.05, 0) is 54.4 Å². The van der Waals surface area contributed by atoms with Crippen LogP contribution in [0.4, 0.5) is 11.4 Å². The highest BCUT2D eigenvalue weighted by Crippen LogP contribution is 2.32. The monoisotopic (exact) mass is 438 g/mol. The SMILES string of the molecule is CCc1cccc(NC(=O)c2cccc(NS(=O)(=O)c3ccc4c(c3)OCCO4)c2)c1. The number of aryl methyl sites for hydroxylation is 1. The molecular weight excluding hydrogens is 416 g/mol. The van der Waals surface area contributed by atoms with Gasteiger partial charge in [0, 0.05) is 23.0 Å². The maximum atomic E-state index is 12.8. The molecule has 0 fully saturated rings. The number of fused-ring (bicyclic) bond motifs is 1. The number of benzene rings is 3. The first-order chi connectivity index (χ1) is 14.9. The standard InChI is InChI=1S/C23H22N2O5S/c1-2-16-5-3-7-18(13-16)24-23(26)17-6-4-8-19(14-17)25-31(27,28)20-9-10-21-22(15-20)30-12-11-29-21/h3-10,13-15,25H,2,11-12H2,1H3,(H,24,26). The predicted molar refractivity (Wildman–Crippen MR) is 118 cm³/mol. The molecule has 31 heavy (non-hydrogen) atoms. The summed E-state index contributed by atoms with van der Waals surface area (Å²) in [6, 6.07) is 18.4. The van der Waals surface area contributed by atoms with Gasteiger partial charge in [-0.25, -0.2) is 8.42 Å². The molecule has 3 aromatic rings. The van der Waals surface area contributed by atoms with Gasteiger partial charge in [0.05, 0.1) is 4.90 Å². The van der Waals surface area contributed by atoms with Gasteiger partial charge >= 0.3 is 0 Å². The smallest absolute Gasteiger partial charge is 0.262 e. The summed E-state index contributed by atoms with van der Waals surface area (Å²) in [5.74, 6) is 0.571. The Hall–Kier alpha value is -3.52. The Morgan fingerprint density at radius 1 is 0.903 bits per heavy atom. The fourth-order valence-corrected chi connectivity index (χ4v) is 4.27. The molecule has 0 radical (unpaired) electrons. The van der Waals surface area contributed by atoms with E-state index in [9.17, 15) is 13.2 Å². The minimum Gasteiger partial charge on any atom is -0.486 e. The van der Waals surface area contributed by atoms with E-state index in [2.05, 4.69) is 10.0 Å². The summed E-state index contributed by atoms with van der Waals surface area (Å²) in [7, 11) is -3.87. The Bertz CT molecular complexity index is 1220. The molecule has 160 valence electrons. The van der Waals surface area contributed by atoms with Crippen LogP contribution in [0.15, 0.2) is 71.6 Å². The zero-order chi connectivity index (χ0) is 21.8. The average Bonchev–Trinajstić information content (AvgIpc) is 2.78. The number of rotatable bonds is 6. The largest absolute Gasteiger partial charge is 0.486 e. The van der Waals surface area contributed by atoms with E-state index in [-0.39, 0.29) is 16.5 Å². The zero-order valence-electron chi connectivity index (χ0n) is 16.9. The van der Waals surface area contributed by atoms with Crippen LogP contribution in [-0.2, 0) is 16.4 Å². The first-order valence-corrected chi connectivity index (χ1v) is 11.4. The van der Waals surface area contributed by atoms with Crippen molar-refractivity contribution in [1.82, 2.24) is 0 Å². The number of nitrogens with one attached hydrogen (secondary N) is 2. The highest BCUT2D eigenvalue weighted by atomic mass is 32.2. The normalized spacial score (nSPS) is 12.8. The van der Waals surface area contributed by atoms with Crippen LogP contribution in [0.3, 0.4) is 0 Å². The van der Waals surface area contributed by atoms with Gasteiger partial charge in [0.2, 0.25) is 0 Å². The molecule has 0 saturated carbocycles. The topological polar surface area (TPSA) is 93.7 Å². The van der Waals surface area contributed by atoms with Crippen molar-refractivity contribution in [3.05, 3.63) is 77.9 Å². The lowest BCUT2D eigenvalue weighted by molar-refractivity contribution is 0.102. The summed E-state index contributed by atoms with van der Waals surface area (Å²) in [5, 5.41) is 2.84. The average molecular weight is 439 g/mol. The van der Waals surface area contributed by atoms with E-state index in [0.29, 0.717) is 36.0 Å². The molecule has 1 aliphatic heterocycles. The second-order valence-electron chi connectivity index (χ2n) is 7.00. The molecule has 1 aliphatic rings. The highest BCUT2D eigenvalue weighted by molar-refractivity contribution is 7.92. The van der Waals surface area contributed by atoms with E-state index in [0.717, 1.165) is 12.0 Å². The van der Waals surface area contributed by atoms with Crippen molar-refractivity contribution < 1.29 is 22.7 Å². The van der Waals surface area contributed by atoms with E-state index in [4.69, 9.17) is 9.47 Å². The lowest BCUT2D eigenvalue weighted by Gasteiger charge is -2.19. The molecule has 2 N–H and O–H groups in total. The molecule has 0 atom stereocenters. The van der Waals surface area contributed by atoms with Gasteiger partial charge in [-0.2, -0.15) is 0 Å². The quantitative estimate of drug-likeness (QED) is 0.605. The van der Waals surface area contributed by atoms with Crippen LogP contribution in [-0.4, -0.2) is 27.5 Å². The van der Waals surface area contributed by atoms with Crippen molar-refractivity contribution >= 4 is 27.3 Å². The Balaban J connectivity index is 1.52. The van der Waals surface area contributed by atoms with Crippen LogP contribution in [0.2, 0.25) is 0 Å². The summed E-state index contributed by atoms with van der Waals surface area (Å²) in [6.07, 6.45) is 0.862. The van der Waals surface area contributed by atoms with E-state index in [1.165, 1.54) is 18.2 Å². The molecule has 3 aromatic carbocycles. The summed E-state index contributed by atoms with van der Waals surface area (Å²) in [6.45, 7) is 2.83. The molecule has 0 bridgehead atoms. The van der Waals surface area contributed by atoms with Crippen molar-refractivity contribution in [3.63, 3.8) is 0 Å². The van der Waals surface area contributed by atoms with Crippen molar-refractivity contribution in [2.45, 2.75) is 18.2 Å². The number of hydrogen-bond acceptors (Lipinski definition) is 5. The Morgan fingerprint density at radius 2 is 1.65 bits per heavy atom. The minimum absolute atomic E-state index is 0.0444. The van der Waals surface area contributed by atoms with E-state index >= 15 is 0 Å². The summed E-state index contributed by atoms with van der Waals surface area (Å²) in [5.41, 5.74) is 2.42. The lowest BCUT2D eigenvalue weighted by atomic mass is 10.1. The van der Waals surface area contributed by atoms with E-state index < -0.39 is 10.0 Å². The summed E-state index contributed by atoms with van der Waals surface area (Å²) >= 11 is 0. The number of hydrogen-bond donors (Lipinski definition) is 2. The molecule has 0 unspecified atom stereocenters. The van der Waals surface area contributed by atoms with Gasteiger partial charge < -0.3 is 14.8 Å². The third-order valence-electron chi connectivity index (χ3n) is 4.79.